The molecule has 1 aliphatic rings. The topological polar surface area (TPSA) is 15.3 Å². The fraction of sp³-hybridized carbons (Fsp3) is 0.647. The van der Waals surface area contributed by atoms with Crippen molar-refractivity contribution < 1.29 is 0 Å². The highest BCUT2D eigenvalue weighted by atomic mass is 32.2. The summed E-state index contributed by atoms with van der Waals surface area (Å²) in [5.74, 6) is 0. The van der Waals surface area contributed by atoms with Gasteiger partial charge < -0.3 is 5.32 Å². The molecule has 3 heteroatoms. The fourth-order valence-corrected chi connectivity index (χ4v) is 3.98. The zero-order valence-electron chi connectivity index (χ0n) is 13.3. The lowest BCUT2D eigenvalue weighted by molar-refractivity contribution is 0.167. The van der Waals surface area contributed by atoms with Gasteiger partial charge in [0.1, 0.15) is 0 Å². The second-order valence-electron chi connectivity index (χ2n) is 6.46. The molecule has 1 aliphatic heterocycles. The van der Waals surface area contributed by atoms with Crippen LogP contribution in [0.1, 0.15) is 45.7 Å². The van der Waals surface area contributed by atoms with Crippen molar-refractivity contribution >= 4 is 11.8 Å². The van der Waals surface area contributed by atoms with E-state index in [-0.39, 0.29) is 4.75 Å². The Morgan fingerprint density at radius 1 is 1.20 bits per heavy atom. The molecule has 0 radical (unpaired) electrons. The van der Waals surface area contributed by atoms with Crippen molar-refractivity contribution in [3.05, 3.63) is 29.8 Å². The largest absolute Gasteiger partial charge is 0.314 e. The Morgan fingerprint density at radius 2 is 1.85 bits per heavy atom. The van der Waals surface area contributed by atoms with E-state index in [1.807, 2.05) is 11.8 Å². The molecule has 1 fully saturated rings. The number of hydrogen-bond donors (Lipinski definition) is 1. The van der Waals surface area contributed by atoms with E-state index < -0.39 is 0 Å². The molecule has 20 heavy (non-hydrogen) atoms. The van der Waals surface area contributed by atoms with Crippen molar-refractivity contribution in [2.24, 2.45) is 0 Å². The van der Waals surface area contributed by atoms with Gasteiger partial charge in [-0.1, -0.05) is 45.9 Å². The summed E-state index contributed by atoms with van der Waals surface area (Å²) in [6.45, 7) is 13.7. The number of benzene rings is 1. The van der Waals surface area contributed by atoms with Gasteiger partial charge in [-0.05, 0) is 18.1 Å². The summed E-state index contributed by atoms with van der Waals surface area (Å²) in [6.07, 6.45) is 1.18. The Labute approximate surface area is 128 Å². The minimum absolute atomic E-state index is 0.262. The highest BCUT2D eigenvalue weighted by molar-refractivity contribution is 8.00. The third-order valence-electron chi connectivity index (χ3n) is 3.67. The Bertz CT molecular complexity index is 419. The van der Waals surface area contributed by atoms with Gasteiger partial charge in [0, 0.05) is 41.9 Å². The van der Waals surface area contributed by atoms with Gasteiger partial charge >= 0.3 is 0 Å². The Kier molecular flexibility index (Phi) is 5.53. The molecular weight excluding hydrogens is 264 g/mol. The predicted molar refractivity (Wildman–Crippen MR) is 89.5 cm³/mol. The number of thioether (sulfide) groups is 1. The van der Waals surface area contributed by atoms with E-state index in [9.17, 15) is 0 Å². The minimum Gasteiger partial charge on any atom is -0.314 e. The molecule has 1 N–H and O–H groups in total. The van der Waals surface area contributed by atoms with E-state index in [0.29, 0.717) is 6.04 Å². The number of nitrogens with zero attached hydrogens (tertiary/aromatic N) is 1. The molecule has 0 aliphatic carbocycles. The van der Waals surface area contributed by atoms with Gasteiger partial charge in [-0.25, -0.2) is 0 Å². The summed E-state index contributed by atoms with van der Waals surface area (Å²) in [7, 11) is 0. The van der Waals surface area contributed by atoms with Gasteiger partial charge in [-0.3, -0.25) is 4.90 Å². The molecule has 0 spiro atoms. The highest BCUT2D eigenvalue weighted by Crippen LogP contribution is 2.38. The van der Waals surface area contributed by atoms with Gasteiger partial charge in [0.2, 0.25) is 0 Å². The highest BCUT2D eigenvalue weighted by Gasteiger charge is 2.24. The zero-order valence-corrected chi connectivity index (χ0v) is 14.1. The monoisotopic (exact) mass is 292 g/mol. The van der Waals surface area contributed by atoms with E-state index in [4.69, 9.17) is 0 Å². The molecular formula is C17H28N2S. The fourth-order valence-electron chi connectivity index (χ4n) is 2.85. The van der Waals surface area contributed by atoms with Crippen molar-refractivity contribution in [3.63, 3.8) is 0 Å². The number of hydrogen-bond acceptors (Lipinski definition) is 3. The zero-order chi connectivity index (χ0) is 14.6. The first kappa shape index (κ1) is 15.9. The van der Waals surface area contributed by atoms with Crippen LogP contribution in [0.3, 0.4) is 0 Å². The quantitative estimate of drug-likeness (QED) is 0.846. The average Bonchev–Trinajstić information content (AvgIpc) is 2.41. The van der Waals surface area contributed by atoms with Gasteiger partial charge in [-0.2, -0.15) is 0 Å². The van der Waals surface area contributed by atoms with Gasteiger partial charge in [0.25, 0.3) is 0 Å². The Hall–Kier alpha value is -0.510. The second kappa shape index (κ2) is 6.97. The van der Waals surface area contributed by atoms with Crippen LogP contribution in [0.25, 0.3) is 0 Å². The number of piperazine rings is 1. The lowest BCUT2D eigenvalue weighted by atomic mass is 10.0. The molecule has 0 bridgehead atoms. The molecule has 1 saturated heterocycles. The van der Waals surface area contributed by atoms with Crippen molar-refractivity contribution in [1.29, 1.82) is 0 Å². The SMILES string of the molecule is CC[C@@H](c1ccccc1SC(C)(C)C)N1CCNCC1. The van der Waals surface area contributed by atoms with Gasteiger partial charge in [0.05, 0.1) is 0 Å². The van der Waals surface area contributed by atoms with Crippen LogP contribution < -0.4 is 5.32 Å². The molecule has 2 rings (SSSR count). The molecule has 112 valence electrons. The van der Waals surface area contributed by atoms with Crippen molar-refractivity contribution in [2.45, 2.75) is 49.8 Å². The summed E-state index contributed by atoms with van der Waals surface area (Å²) in [5.41, 5.74) is 1.51. The summed E-state index contributed by atoms with van der Waals surface area (Å²) in [5, 5.41) is 3.45. The maximum absolute atomic E-state index is 3.45. The van der Waals surface area contributed by atoms with Crippen LogP contribution >= 0.6 is 11.8 Å². The normalized spacial score (nSPS) is 19.0. The van der Waals surface area contributed by atoms with Crippen LogP contribution in [0.5, 0.6) is 0 Å². The van der Waals surface area contributed by atoms with Crippen LogP contribution in [-0.4, -0.2) is 35.8 Å². The van der Waals surface area contributed by atoms with Crippen molar-refractivity contribution in [1.82, 2.24) is 10.2 Å². The number of nitrogens with one attached hydrogen (secondary N) is 1. The summed E-state index contributed by atoms with van der Waals surface area (Å²) in [6, 6.07) is 9.53. The summed E-state index contributed by atoms with van der Waals surface area (Å²) < 4.78 is 0.262. The molecule has 1 atom stereocenters. The van der Waals surface area contributed by atoms with E-state index in [1.54, 1.807) is 0 Å². The van der Waals surface area contributed by atoms with Gasteiger partial charge in [-0.15, -0.1) is 11.8 Å². The predicted octanol–water partition coefficient (Wildman–Crippen LogP) is 3.93. The lowest BCUT2D eigenvalue weighted by Gasteiger charge is -2.36. The molecule has 2 nitrogen and oxygen atoms in total. The van der Waals surface area contributed by atoms with Crippen LogP contribution in [0.2, 0.25) is 0 Å². The molecule has 0 amide bonds. The molecule has 0 aromatic heterocycles. The third kappa shape index (κ3) is 4.24. The maximum atomic E-state index is 3.45. The average molecular weight is 292 g/mol. The van der Waals surface area contributed by atoms with Crippen molar-refractivity contribution in [3.8, 4) is 0 Å². The van der Waals surface area contributed by atoms with Gasteiger partial charge in [0.15, 0.2) is 0 Å². The second-order valence-corrected chi connectivity index (χ2v) is 8.33. The van der Waals surface area contributed by atoms with Crippen LogP contribution in [0, 0.1) is 0 Å². The standard InChI is InChI=1S/C17H28N2S/c1-5-15(19-12-10-18-11-13-19)14-8-6-7-9-16(14)20-17(2,3)4/h6-9,15,18H,5,10-13H2,1-4H3/t15-/m0/s1. The van der Waals surface area contributed by atoms with Crippen molar-refractivity contribution in [2.75, 3.05) is 26.2 Å². The Balaban J connectivity index is 2.24. The number of rotatable bonds is 4. The van der Waals surface area contributed by atoms with E-state index in [0.717, 1.165) is 26.2 Å². The third-order valence-corrected chi connectivity index (χ3v) is 4.88. The maximum Gasteiger partial charge on any atom is 0.0357 e. The van der Waals surface area contributed by atoms with E-state index in [2.05, 4.69) is 62.2 Å². The Morgan fingerprint density at radius 3 is 2.45 bits per heavy atom. The van der Waals surface area contributed by atoms with E-state index >= 15 is 0 Å². The molecule has 0 saturated carbocycles. The smallest absolute Gasteiger partial charge is 0.0357 e. The first-order valence-corrected chi connectivity index (χ1v) is 8.55. The minimum atomic E-state index is 0.262. The molecule has 0 unspecified atom stereocenters. The summed E-state index contributed by atoms with van der Waals surface area (Å²) >= 11 is 1.99. The van der Waals surface area contributed by atoms with Crippen LogP contribution in [0.4, 0.5) is 0 Å². The molecule has 1 aromatic rings. The van der Waals surface area contributed by atoms with E-state index in [1.165, 1.54) is 16.9 Å². The lowest BCUT2D eigenvalue weighted by Crippen LogP contribution is -2.45. The first-order chi connectivity index (χ1) is 9.51. The van der Waals surface area contributed by atoms with Crippen LogP contribution in [0.15, 0.2) is 29.2 Å². The first-order valence-electron chi connectivity index (χ1n) is 7.74. The molecule has 1 heterocycles. The molecule has 1 aromatic carbocycles. The van der Waals surface area contributed by atoms with Crippen LogP contribution in [-0.2, 0) is 0 Å². The summed E-state index contributed by atoms with van der Waals surface area (Å²) in [4.78, 5) is 4.09.